The van der Waals surface area contributed by atoms with Gasteiger partial charge in [-0.15, -0.1) is 0 Å². The molecule has 0 radical (unpaired) electrons. The molecule has 0 aliphatic heterocycles. The van der Waals surface area contributed by atoms with Gasteiger partial charge in [-0.25, -0.2) is 0 Å². The quantitative estimate of drug-likeness (QED) is 0.235. The van der Waals surface area contributed by atoms with Crippen LogP contribution in [0, 0.1) is 0 Å². The van der Waals surface area contributed by atoms with E-state index in [0.29, 0.717) is 0 Å². The number of allylic oxidation sites excluding steroid dienone is 1. The highest BCUT2D eigenvalue weighted by molar-refractivity contribution is 5.76. The van der Waals surface area contributed by atoms with Crippen molar-refractivity contribution in [2.45, 2.75) is 116 Å². The Labute approximate surface area is 155 Å². The molecule has 0 aromatic rings. The van der Waals surface area contributed by atoms with Crippen molar-refractivity contribution in [3.05, 3.63) is 12.2 Å². The van der Waals surface area contributed by atoms with Gasteiger partial charge in [-0.2, -0.15) is 0 Å². The first-order chi connectivity index (χ1) is 12.0. The molecule has 0 spiro atoms. The minimum absolute atomic E-state index is 0.217. The summed E-state index contributed by atoms with van der Waals surface area (Å²) >= 11 is 0. The van der Waals surface area contributed by atoms with Crippen LogP contribution >= 0.6 is 0 Å². The van der Waals surface area contributed by atoms with E-state index in [2.05, 4.69) is 6.92 Å². The smallest absolute Gasteiger partial charge is 0.326 e. The summed E-state index contributed by atoms with van der Waals surface area (Å²) in [6, 6.07) is -1.00. The van der Waals surface area contributed by atoms with Crippen molar-refractivity contribution in [1.29, 1.82) is 0 Å². The van der Waals surface area contributed by atoms with Gasteiger partial charge in [-0.1, -0.05) is 83.3 Å². The third kappa shape index (κ3) is 15.1. The average Bonchev–Trinajstić information content (AvgIpc) is 2.57. The van der Waals surface area contributed by atoms with Crippen LogP contribution in [0.25, 0.3) is 0 Å². The standard InChI is InChI=1S/C21H41NO3/c1-4-5-6-7-8-9-10-11-12-13-14-15-16-17-19(23)20(22)21(24)25-18(2)3/h16-20,23H,4-15,22H2,1-3H3. The van der Waals surface area contributed by atoms with Crippen LogP contribution in [0.1, 0.15) is 97.8 Å². The Morgan fingerprint density at radius 2 is 1.44 bits per heavy atom. The molecule has 2 atom stereocenters. The van der Waals surface area contributed by atoms with Crippen LogP contribution in [0.4, 0.5) is 0 Å². The molecule has 0 aliphatic rings. The molecular weight excluding hydrogens is 314 g/mol. The minimum Gasteiger partial charge on any atom is -0.462 e. The van der Waals surface area contributed by atoms with E-state index in [4.69, 9.17) is 10.5 Å². The van der Waals surface area contributed by atoms with Crippen molar-refractivity contribution in [1.82, 2.24) is 0 Å². The number of hydrogen-bond acceptors (Lipinski definition) is 4. The minimum atomic E-state index is -1.00. The predicted molar refractivity (Wildman–Crippen MR) is 105 cm³/mol. The lowest BCUT2D eigenvalue weighted by Crippen LogP contribution is -2.42. The van der Waals surface area contributed by atoms with E-state index < -0.39 is 18.1 Å². The molecular formula is C21H41NO3. The predicted octanol–water partition coefficient (Wildman–Crippen LogP) is 4.88. The average molecular weight is 356 g/mol. The first-order valence-corrected chi connectivity index (χ1v) is 10.3. The van der Waals surface area contributed by atoms with Gasteiger partial charge in [0.15, 0.2) is 0 Å². The maximum atomic E-state index is 11.6. The van der Waals surface area contributed by atoms with Gasteiger partial charge in [0.25, 0.3) is 0 Å². The molecule has 0 saturated heterocycles. The molecule has 0 fully saturated rings. The first-order valence-electron chi connectivity index (χ1n) is 10.3. The third-order valence-corrected chi connectivity index (χ3v) is 4.30. The van der Waals surface area contributed by atoms with E-state index in [1.807, 2.05) is 6.08 Å². The topological polar surface area (TPSA) is 72.5 Å². The fourth-order valence-corrected chi connectivity index (χ4v) is 2.73. The lowest BCUT2D eigenvalue weighted by molar-refractivity contribution is -0.150. The van der Waals surface area contributed by atoms with Crippen LogP contribution in [-0.4, -0.2) is 29.3 Å². The second kappa shape index (κ2) is 16.6. The number of carbonyl (C=O) groups excluding carboxylic acids is 1. The Bertz CT molecular complexity index is 342. The molecule has 3 N–H and O–H groups in total. The Morgan fingerprint density at radius 3 is 1.92 bits per heavy atom. The largest absolute Gasteiger partial charge is 0.462 e. The maximum absolute atomic E-state index is 11.6. The molecule has 0 aliphatic carbocycles. The van der Waals surface area contributed by atoms with Gasteiger partial charge in [-0.3, -0.25) is 4.79 Å². The summed E-state index contributed by atoms with van der Waals surface area (Å²) in [6.45, 7) is 5.78. The summed E-state index contributed by atoms with van der Waals surface area (Å²) in [4.78, 5) is 11.6. The van der Waals surface area contributed by atoms with E-state index >= 15 is 0 Å². The normalized spacial score (nSPS) is 14.2. The SMILES string of the molecule is CCCCCCCCCCCCCC=CC(O)C(N)C(=O)OC(C)C. The molecule has 0 amide bonds. The first kappa shape index (κ1) is 24.1. The summed E-state index contributed by atoms with van der Waals surface area (Å²) in [7, 11) is 0. The molecule has 148 valence electrons. The molecule has 0 bridgehead atoms. The van der Waals surface area contributed by atoms with Gasteiger partial charge in [-0.05, 0) is 26.7 Å². The molecule has 0 saturated carbocycles. The second-order valence-electron chi connectivity index (χ2n) is 7.25. The van der Waals surface area contributed by atoms with Crippen molar-refractivity contribution in [2.75, 3.05) is 0 Å². The molecule has 0 rings (SSSR count). The van der Waals surface area contributed by atoms with Crippen LogP contribution in [0.5, 0.6) is 0 Å². The summed E-state index contributed by atoms with van der Waals surface area (Å²) in [5.41, 5.74) is 5.68. The van der Waals surface area contributed by atoms with Crippen molar-refractivity contribution in [3.63, 3.8) is 0 Å². The van der Waals surface area contributed by atoms with Crippen LogP contribution in [0.15, 0.2) is 12.2 Å². The van der Waals surface area contributed by atoms with Gasteiger partial charge in [0.05, 0.1) is 12.2 Å². The number of unbranched alkanes of at least 4 members (excludes halogenated alkanes) is 11. The number of esters is 1. The fourth-order valence-electron chi connectivity index (χ4n) is 2.73. The Hall–Kier alpha value is -0.870. The molecule has 0 aromatic carbocycles. The van der Waals surface area contributed by atoms with Crippen LogP contribution in [0.2, 0.25) is 0 Å². The van der Waals surface area contributed by atoms with Crippen LogP contribution in [0.3, 0.4) is 0 Å². The number of rotatable bonds is 16. The number of aliphatic hydroxyl groups is 1. The highest BCUT2D eigenvalue weighted by Crippen LogP contribution is 2.12. The molecule has 4 heteroatoms. The van der Waals surface area contributed by atoms with Gasteiger partial charge < -0.3 is 15.6 Å². The van der Waals surface area contributed by atoms with Gasteiger partial charge in [0.2, 0.25) is 0 Å². The van der Waals surface area contributed by atoms with E-state index in [9.17, 15) is 9.90 Å². The lowest BCUT2D eigenvalue weighted by atomic mass is 10.0. The zero-order chi connectivity index (χ0) is 18.9. The number of carbonyl (C=O) groups is 1. The van der Waals surface area contributed by atoms with Gasteiger partial charge >= 0.3 is 5.97 Å². The highest BCUT2D eigenvalue weighted by Gasteiger charge is 2.22. The zero-order valence-electron chi connectivity index (χ0n) is 16.7. The third-order valence-electron chi connectivity index (χ3n) is 4.30. The molecule has 0 heterocycles. The van der Waals surface area contributed by atoms with Gasteiger partial charge in [0, 0.05) is 0 Å². The van der Waals surface area contributed by atoms with Crippen LogP contribution in [-0.2, 0) is 9.53 Å². The Morgan fingerprint density at radius 1 is 0.960 bits per heavy atom. The number of hydrogen-bond donors (Lipinski definition) is 2. The van der Waals surface area contributed by atoms with Crippen LogP contribution < -0.4 is 5.73 Å². The Balaban J connectivity index is 3.52. The summed E-state index contributed by atoms with van der Waals surface area (Å²) in [5.74, 6) is -0.554. The van der Waals surface area contributed by atoms with Crippen molar-refractivity contribution in [3.8, 4) is 0 Å². The van der Waals surface area contributed by atoms with E-state index in [-0.39, 0.29) is 6.10 Å². The zero-order valence-corrected chi connectivity index (χ0v) is 16.7. The van der Waals surface area contributed by atoms with Gasteiger partial charge in [0.1, 0.15) is 6.04 Å². The second-order valence-corrected chi connectivity index (χ2v) is 7.25. The number of nitrogens with two attached hydrogens (primary N) is 1. The summed E-state index contributed by atoms with van der Waals surface area (Å²) in [5, 5.41) is 9.87. The molecule has 2 unspecified atom stereocenters. The summed E-state index contributed by atoms with van der Waals surface area (Å²) in [6.07, 6.45) is 17.8. The fraction of sp³-hybridized carbons (Fsp3) is 0.857. The van der Waals surface area contributed by atoms with Crippen molar-refractivity contribution in [2.24, 2.45) is 5.73 Å². The summed E-state index contributed by atoms with van der Waals surface area (Å²) < 4.78 is 4.99. The van der Waals surface area contributed by atoms with E-state index in [1.54, 1.807) is 19.9 Å². The number of ether oxygens (including phenoxy) is 1. The highest BCUT2D eigenvalue weighted by atomic mass is 16.5. The van der Waals surface area contributed by atoms with E-state index in [1.165, 1.54) is 64.2 Å². The number of aliphatic hydroxyl groups excluding tert-OH is 1. The lowest BCUT2D eigenvalue weighted by Gasteiger charge is -2.16. The monoisotopic (exact) mass is 355 g/mol. The molecule has 0 aromatic heterocycles. The Kier molecular flexibility index (Phi) is 16.0. The van der Waals surface area contributed by atoms with Crippen molar-refractivity contribution >= 4 is 5.97 Å². The van der Waals surface area contributed by atoms with Crippen molar-refractivity contribution < 1.29 is 14.6 Å². The van der Waals surface area contributed by atoms with E-state index in [0.717, 1.165) is 12.8 Å². The molecule has 25 heavy (non-hydrogen) atoms. The maximum Gasteiger partial charge on any atom is 0.326 e. The molecule has 4 nitrogen and oxygen atoms in total.